The summed E-state index contributed by atoms with van der Waals surface area (Å²) < 4.78 is 45.8. The first-order chi connectivity index (χ1) is 13.4. The highest BCUT2D eigenvalue weighted by Gasteiger charge is 2.18. The van der Waals surface area contributed by atoms with Crippen LogP contribution in [-0.2, 0) is 10.0 Å². The number of ether oxygens (including phenoxy) is 1. The van der Waals surface area contributed by atoms with Crippen molar-refractivity contribution in [1.82, 2.24) is 0 Å². The minimum Gasteiger partial charge on any atom is -0.496 e. The number of methoxy groups -OCH3 is 1. The third-order valence-corrected chi connectivity index (χ3v) is 5.28. The van der Waals surface area contributed by atoms with Crippen LogP contribution in [0, 0.1) is 5.82 Å². The molecule has 0 aliphatic rings. The molecule has 0 aliphatic heterocycles. The number of benzene rings is 3. The maximum atomic E-state index is 13.1. The zero-order valence-electron chi connectivity index (χ0n) is 14.8. The second-order valence-electron chi connectivity index (χ2n) is 5.76. The quantitative estimate of drug-likeness (QED) is 0.658. The zero-order chi connectivity index (χ0) is 20.1. The first-order valence-corrected chi connectivity index (χ1v) is 9.71. The molecule has 0 spiro atoms. The number of halogens is 1. The van der Waals surface area contributed by atoms with Crippen molar-refractivity contribution in [2.75, 3.05) is 17.1 Å². The highest BCUT2D eigenvalue weighted by atomic mass is 32.2. The van der Waals surface area contributed by atoms with Crippen LogP contribution in [0.5, 0.6) is 5.75 Å². The normalized spacial score (nSPS) is 10.9. The second-order valence-corrected chi connectivity index (χ2v) is 7.44. The predicted molar refractivity (Wildman–Crippen MR) is 105 cm³/mol. The van der Waals surface area contributed by atoms with Crippen molar-refractivity contribution >= 4 is 27.3 Å². The van der Waals surface area contributed by atoms with Crippen molar-refractivity contribution in [3.8, 4) is 5.75 Å². The molecule has 6 nitrogen and oxygen atoms in total. The van der Waals surface area contributed by atoms with Gasteiger partial charge in [-0.3, -0.25) is 9.52 Å². The highest BCUT2D eigenvalue weighted by Crippen LogP contribution is 2.26. The van der Waals surface area contributed by atoms with Crippen LogP contribution in [0.15, 0.2) is 77.7 Å². The van der Waals surface area contributed by atoms with E-state index in [2.05, 4.69) is 10.0 Å². The number of sulfonamides is 1. The van der Waals surface area contributed by atoms with Gasteiger partial charge in [-0.15, -0.1) is 0 Å². The van der Waals surface area contributed by atoms with Crippen LogP contribution < -0.4 is 14.8 Å². The number of carbonyl (C=O) groups excluding carboxylic acids is 1. The van der Waals surface area contributed by atoms with Gasteiger partial charge in [0.05, 0.1) is 28.9 Å². The van der Waals surface area contributed by atoms with Crippen LogP contribution in [0.3, 0.4) is 0 Å². The fraction of sp³-hybridized carbons (Fsp3) is 0.0500. The molecule has 0 saturated heterocycles. The lowest BCUT2D eigenvalue weighted by molar-refractivity contribution is 0.102. The highest BCUT2D eigenvalue weighted by molar-refractivity contribution is 7.92. The number of hydrogen-bond acceptors (Lipinski definition) is 4. The van der Waals surface area contributed by atoms with Gasteiger partial charge in [-0.1, -0.05) is 24.3 Å². The van der Waals surface area contributed by atoms with E-state index in [0.717, 1.165) is 24.3 Å². The van der Waals surface area contributed by atoms with Crippen LogP contribution in [0.4, 0.5) is 15.8 Å². The van der Waals surface area contributed by atoms with Gasteiger partial charge in [0.25, 0.3) is 15.9 Å². The molecule has 144 valence electrons. The Morgan fingerprint density at radius 1 is 0.893 bits per heavy atom. The van der Waals surface area contributed by atoms with Crippen molar-refractivity contribution in [2.45, 2.75) is 4.90 Å². The van der Waals surface area contributed by atoms with Crippen LogP contribution in [-0.4, -0.2) is 21.4 Å². The average Bonchev–Trinajstić information content (AvgIpc) is 2.69. The summed E-state index contributed by atoms with van der Waals surface area (Å²) in [6.07, 6.45) is 0. The molecule has 28 heavy (non-hydrogen) atoms. The van der Waals surface area contributed by atoms with Crippen LogP contribution in [0.1, 0.15) is 10.4 Å². The van der Waals surface area contributed by atoms with Crippen molar-refractivity contribution in [1.29, 1.82) is 0 Å². The molecular weight excluding hydrogens is 383 g/mol. The Morgan fingerprint density at radius 2 is 1.50 bits per heavy atom. The summed E-state index contributed by atoms with van der Waals surface area (Å²) in [4.78, 5) is 12.5. The van der Waals surface area contributed by atoms with Gasteiger partial charge in [0.1, 0.15) is 11.6 Å². The molecule has 0 aliphatic carbocycles. The van der Waals surface area contributed by atoms with Crippen molar-refractivity contribution in [3.63, 3.8) is 0 Å². The largest absolute Gasteiger partial charge is 0.496 e. The molecule has 3 aromatic carbocycles. The molecule has 0 saturated carbocycles. The van der Waals surface area contributed by atoms with E-state index >= 15 is 0 Å². The van der Waals surface area contributed by atoms with Crippen molar-refractivity contribution in [2.24, 2.45) is 0 Å². The maximum Gasteiger partial charge on any atom is 0.261 e. The lowest BCUT2D eigenvalue weighted by atomic mass is 10.1. The molecule has 3 rings (SSSR count). The molecule has 0 bridgehead atoms. The number of nitrogens with one attached hydrogen (secondary N) is 2. The molecule has 0 fully saturated rings. The van der Waals surface area contributed by atoms with Crippen molar-refractivity contribution < 1.29 is 22.3 Å². The van der Waals surface area contributed by atoms with Gasteiger partial charge >= 0.3 is 0 Å². The van der Waals surface area contributed by atoms with Gasteiger partial charge in [0.2, 0.25) is 0 Å². The molecule has 8 heteroatoms. The van der Waals surface area contributed by atoms with Gasteiger partial charge in [-0.25, -0.2) is 12.8 Å². The summed E-state index contributed by atoms with van der Waals surface area (Å²) in [6.45, 7) is 0. The summed E-state index contributed by atoms with van der Waals surface area (Å²) in [5.74, 6) is -0.598. The Morgan fingerprint density at radius 3 is 2.18 bits per heavy atom. The minimum absolute atomic E-state index is 0.0974. The second kappa shape index (κ2) is 8.10. The number of amides is 1. The Labute approximate surface area is 162 Å². The number of rotatable bonds is 6. The lowest BCUT2D eigenvalue weighted by Crippen LogP contribution is -2.17. The predicted octanol–water partition coefficient (Wildman–Crippen LogP) is 3.89. The average molecular weight is 400 g/mol. The van der Waals surface area contributed by atoms with E-state index in [1.807, 2.05) is 0 Å². The Kier molecular flexibility index (Phi) is 5.60. The molecule has 0 atom stereocenters. The molecule has 2 N–H and O–H groups in total. The fourth-order valence-corrected chi connectivity index (χ4v) is 3.60. The van der Waals surface area contributed by atoms with E-state index < -0.39 is 21.7 Å². The van der Waals surface area contributed by atoms with Gasteiger partial charge in [-0.05, 0) is 48.5 Å². The standard InChI is InChI=1S/C20H17FN2O4S/c1-27-19-9-5-2-6-16(19)20(24)22-17-7-3-4-8-18(17)23-28(25,26)15-12-10-14(21)11-13-15/h2-13,23H,1H3,(H,22,24). The van der Waals surface area contributed by atoms with Gasteiger partial charge in [0, 0.05) is 0 Å². The van der Waals surface area contributed by atoms with E-state index in [4.69, 9.17) is 4.74 Å². The fourth-order valence-electron chi connectivity index (χ4n) is 2.52. The first kappa shape index (κ1) is 19.4. The number of anilines is 2. The van der Waals surface area contributed by atoms with Crippen LogP contribution in [0.2, 0.25) is 0 Å². The van der Waals surface area contributed by atoms with E-state index in [-0.39, 0.29) is 16.3 Å². The molecule has 0 heterocycles. The lowest BCUT2D eigenvalue weighted by Gasteiger charge is -2.14. The van der Waals surface area contributed by atoms with E-state index in [9.17, 15) is 17.6 Å². The monoisotopic (exact) mass is 400 g/mol. The minimum atomic E-state index is -3.96. The molecule has 1 amide bonds. The van der Waals surface area contributed by atoms with Crippen LogP contribution >= 0.6 is 0 Å². The van der Waals surface area contributed by atoms with Gasteiger partial charge < -0.3 is 10.1 Å². The molecule has 0 radical (unpaired) electrons. The molecule has 3 aromatic rings. The molecule has 0 aromatic heterocycles. The van der Waals surface area contributed by atoms with Gasteiger partial charge in [-0.2, -0.15) is 0 Å². The first-order valence-electron chi connectivity index (χ1n) is 8.22. The van der Waals surface area contributed by atoms with E-state index in [1.54, 1.807) is 42.5 Å². The summed E-state index contributed by atoms with van der Waals surface area (Å²) >= 11 is 0. The molecular formula is C20H17FN2O4S. The zero-order valence-corrected chi connectivity index (χ0v) is 15.7. The number of carbonyl (C=O) groups is 1. The third-order valence-electron chi connectivity index (χ3n) is 3.90. The Hall–Kier alpha value is -3.39. The summed E-state index contributed by atoms with van der Waals surface area (Å²) in [7, 11) is -2.50. The van der Waals surface area contributed by atoms with Crippen molar-refractivity contribution in [3.05, 3.63) is 84.2 Å². The number of hydrogen-bond donors (Lipinski definition) is 2. The maximum absolute atomic E-state index is 13.1. The topological polar surface area (TPSA) is 84.5 Å². The smallest absolute Gasteiger partial charge is 0.261 e. The van der Waals surface area contributed by atoms with Gasteiger partial charge in [0.15, 0.2) is 0 Å². The summed E-state index contributed by atoms with van der Waals surface area (Å²) in [5.41, 5.74) is 0.750. The Balaban J connectivity index is 1.87. The van der Waals surface area contributed by atoms with E-state index in [0.29, 0.717) is 11.3 Å². The SMILES string of the molecule is COc1ccccc1C(=O)Nc1ccccc1NS(=O)(=O)c1ccc(F)cc1. The van der Waals surface area contributed by atoms with Crippen LogP contribution in [0.25, 0.3) is 0 Å². The third kappa shape index (κ3) is 4.29. The molecule has 0 unspecified atom stereocenters. The Bertz CT molecular complexity index is 1100. The number of para-hydroxylation sites is 3. The summed E-state index contributed by atoms with van der Waals surface area (Å²) in [5, 5.41) is 2.68. The van der Waals surface area contributed by atoms with E-state index in [1.165, 1.54) is 13.2 Å². The summed E-state index contributed by atoms with van der Waals surface area (Å²) in [6, 6.07) is 17.5.